The highest BCUT2D eigenvalue weighted by atomic mass is 19.4. The molecule has 0 heterocycles. The van der Waals surface area contributed by atoms with Crippen LogP contribution in [0.2, 0.25) is 0 Å². The van der Waals surface area contributed by atoms with Gasteiger partial charge in [0.1, 0.15) is 5.82 Å². The highest BCUT2D eigenvalue weighted by molar-refractivity contribution is 5.33. The number of nitrogens with two attached hydrogens (primary N) is 1. The van der Waals surface area contributed by atoms with Gasteiger partial charge >= 0.3 is 12.4 Å². The average Bonchev–Trinajstić information content (AvgIpc) is 2.60. The van der Waals surface area contributed by atoms with Crippen LogP contribution in [0.25, 0.3) is 0 Å². The molecule has 0 aromatic heterocycles. The minimum absolute atomic E-state index is 0.0143. The number of hydrogen-bond donors (Lipinski definition) is 1. The largest absolute Gasteiger partial charge is 0.416 e. The Kier molecular flexibility index (Phi) is 7.06. The Hall–Kier alpha value is -2.13. The molecule has 9 heteroatoms. The third-order valence-electron chi connectivity index (χ3n) is 4.09. The van der Waals surface area contributed by atoms with Crippen LogP contribution in [0.3, 0.4) is 0 Å². The summed E-state index contributed by atoms with van der Waals surface area (Å²) in [4.78, 5) is 0. The molecule has 0 aliphatic rings. The summed E-state index contributed by atoms with van der Waals surface area (Å²) in [5.74, 6) is -0.696. The Morgan fingerprint density at radius 1 is 0.857 bits per heavy atom. The molecule has 0 aliphatic carbocycles. The van der Waals surface area contributed by atoms with Crippen molar-refractivity contribution in [3.63, 3.8) is 0 Å². The molecule has 0 radical (unpaired) electrons. The maximum atomic E-state index is 13.0. The van der Waals surface area contributed by atoms with Crippen LogP contribution in [0.15, 0.2) is 42.5 Å². The van der Waals surface area contributed by atoms with Gasteiger partial charge in [0.15, 0.2) is 0 Å². The summed E-state index contributed by atoms with van der Waals surface area (Å²) >= 11 is 0. The molecule has 28 heavy (non-hydrogen) atoms. The predicted octanol–water partition coefficient (Wildman–Crippen LogP) is 5.51. The van der Waals surface area contributed by atoms with Gasteiger partial charge in [0.05, 0.1) is 24.3 Å². The number of ether oxygens (including phenoxy) is 1. The van der Waals surface area contributed by atoms with Gasteiger partial charge < -0.3 is 10.5 Å². The summed E-state index contributed by atoms with van der Waals surface area (Å²) in [6.07, 6.45) is -9.36. The first-order chi connectivity index (χ1) is 13.0. The average molecular weight is 409 g/mol. The van der Waals surface area contributed by atoms with Crippen molar-refractivity contribution < 1.29 is 35.5 Å². The number of hydrogen-bond acceptors (Lipinski definition) is 2. The Morgan fingerprint density at radius 2 is 1.39 bits per heavy atom. The predicted molar refractivity (Wildman–Crippen MR) is 88.9 cm³/mol. The van der Waals surface area contributed by atoms with E-state index in [1.165, 1.54) is 24.3 Å². The molecule has 154 valence electrons. The Labute approximate surface area is 157 Å². The number of benzene rings is 2. The summed E-state index contributed by atoms with van der Waals surface area (Å²) in [7, 11) is 0. The monoisotopic (exact) mass is 409 g/mol. The second-order valence-electron chi connectivity index (χ2n) is 6.26. The van der Waals surface area contributed by atoms with E-state index in [0.717, 1.165) is 0 Å². The summed E-state index contributed by atoms with van der Waals surface area (Å²) in [6.45, 7) is -0.136. The first-order valence-corrected chi connectivity index (χ1v) is 8.32. The smallest absolute Gasteiger partial charge is 0.376 e. The van der Waals surface area contributed by atoms with Crippen molar-refractivity contribution in [2.45, 2.75) is 31.3 Å². The molecular formula is C19H18F7NO. The van der Waals surface area contributed by atoms with Crippen molar-refractivity contribution >= 4 is 0 Å². The summed E-state index contributed by atoms with van der Waals surface area (Å²) in [5.41, 5.74) is 3.23. The van der Waals surface area contributed by atoms with E-state index in [1.54, 1.807) is 0 Å². The van der Waals surface area contributed by atoms with E-state index in [-0.39, 0.29) is 30.7 Å². The molecule has 1 unspecified atom stereocenters. The zero-order chi connectivity index (χ0) is 20.9. The SMILES string of the molecule is NCCC(COCc1cc(C(F)(F)F)cc(C(F)(F)F)c1)c1ccc(F)cc1. The van der Waals surface area contributed by atoms with Crippen LogP contribution in [0.1, 0.15) is 34.6 Å². The maximum absolute atomic E-state index is 13.0. The normalized spacial score (nSPS) is 13.6. The summed E-state index contributed by atoms with van der Waals surface area (Å²) < 4.78 is 95.7. The van der Waals surface area contributed by atoms with Gasteiger partial charge in [0.2, 0.25) is 0 Å². The zero-order valence-electron chi connectivity index (χ0n) is 14.6. The van der Waals surface area contributed by atoms with E-state index in [1.807, 2.05) is 0 Å². The van der Waals surface area contributed by atoms with Crippen molar-refractivity contribution in [1.29, 1.82) is 0 Å². The second kappa shape index (κ2) is 8.91. The van der Waals surface area contributed by atoms with E-state index in [0.29, 0.717) is 24.1 Å². The lowest BCUT2D eigenvalue weighted by Gasteiger charge is -2.18. The van der Waals surface area contributed by atoms with Crippen LogP contribution in [-0.2, 0) is 23.7 Å². The molecule has 2 nitrogen and oxygen atoms in total. The molecular weight excluding hydrogens is 391 g/mol. The second-order valence-corrected chi connectivity index (χ2v) is 6.26. The lowest BCUT2D eigenvalue weighted by atomic mass is 9.96. The summed E-state index contributed by atoms with van der Waals surface area (Å²) in [6, 6.07) is 6.90. The van der Waals surface area contributed by atoms with Gasteiger partial charge in [-0.3, -0.25) is 0 Å². The topological polar surface area (TPSA) is 35.2 Å². The molecule has 0 aliphatic heterocycles. The molecule has 2 N–H and O–H groups in total. The fourth-order valence-corrected chi connectivity index (χ4v) is 2.70. The summed E-state index contributed by atoms with van der Waals surface area (Å²) in [5, 5.41) is 0. The van der Waals surface area contributed by atoms with Gasteiger partial charge in [-0.1, -0.05) is 12.1 Å². The van der Waals surface area contributed by atoms with E-state index in [2.05, 4.69) is 0 Å². The molecule has 0 fully saturated rings. The van der Waals surface area contributed by atoms with E-state index >= 15 is 0 Å². The zero-order valence-corrected chi connectivity index (χ0v) is 14.6. The molecule has 2 aromatic carbocycles. The van der Waals surface area contributed by atoms with Gasteiger partial charge in [0, 0.05) is 5.92 Å². The highest BCUT2D eigenvalue weighted by Crippen LogP contribution is 2.36. The highest BCUT2D eigenvalue weighted by Gasteiger charge is 2.36. The lowest BCUT2D eigenvalue weighted by Crippen LogP contribution is -2.14. The third-order valence-corrected chi connectivity index (χ3v) is 4.09. The van der Waals surface area contributed by atoms with Crippen molar-refractivity contribution in [2.75, 3.05) is 13.2 Å². The molecule has 0 saturated heterocycles. The van der Waals surface area contributed by atoms with Crippen LogP contribution in [0, 0.1) is 5.82 Å². The molecule has 0 spiro atoms. The molecule has 2 rings (SSSR count). The van der Waals surface area contributed by atoms with Crippen LogP contribution in [-0.4, -0.2) is 13.2 Å². The van der Waals surface area contributed by atoms with Gasteiger partial charge in [-0.05, 0) is 54.4 Å². The molecule has 0 amide bonds. The number of halogens is 7. The number of rotatable bonds is 7. The fraction of sp³-hybridized carbons (Fsp3) is 0.368. The van der Waals surface area contributed by atoms with Crippen LogP contribution >= 0.6 is 0 Å². The Bertz CT molecular complexity index is 737. The van der Waals surface area contributed by atoms with Crippen LogP contribution in [0.5, 0.6) is 0 Å². The van der Waals surface area contributed by atoms with E-state index in [4.69, 9.17) is 10.5 Å². The first kappa shape index (κ1) is 22.2. The van der Waals surface area contributed by atoms with Gasteiger partial charge in [-0.25, -0.2) is 4.39 Å². The standard InChI is InChI=1S/C19H18F7NO/c20-17-3-1-13(2-4-17)14(5-6-27)11-28-10-12-7-15(18(21,22)23)9-16(8-12)19(24,25)26/h1-4,7-9,14H,5-6,10-11,27H2. The van der Waals surface area contributed by atoms with E-state index in [9.17, 15) is 30.7 Å². The van der Waals surface area contributed by atoms with Crippen molar-refractivity contribution in [2.24, 2.45) is 5.73 Å². The van der Waals surface area contributed by atoms with Crippen molar-refractivity contribution in [3.8, 4) is 0 Å². The Morgan fingerprint density at radius 3 is 1.86 bits per heavy atom. The lowest BCUT2D eigenvalue weighted by molar-refractivity contribution is -0.143. The Balaban J connectivity index is 2.14. The maximum Gasteiger partial charge on any atom is 0.416 e. The van der Waals surface area contributed by atoms with Crippen molar-refractivity contribution in [1.82, 2.24) is 0 Å². The van der Waals surface area contributed by atoms with E-state index < -0.39 is 35.9 Å². The minimum atomic E-state index is -4.91. The van der Waals surface area contributed by atoms with Crippen LogP contribution in [0.4, 0.5) is 30.7 Å². The van der Waals surface area contributed by atoms with Gasteiger partial charge in [0.25, 0.3) is 0 Å². The molecule has 0 saturated carbocycles. The van der Waals surface area contributed by atoms with Gasteiger partial charge in [-0.2, -0.15) is 26.3 Å². The number of alkyl halides is 6. The molecule has 1 atom stereocenters. The van der Waals surface area contributed by atoms with Crippen molar-refractivity contribution in [3.05, 3.63) is 70.5 Å². The molecule has 2 aromatic rings. The quantitative estimate of drug-likeness (QED) is 0.612. The van der Waals surface area contributed by atoms with Gasteiger partial charge in [-0.15, -0.1) is 0 Å². The third kappa shape index (κ3) is 6.20. The molecule has 0 bridgehead atoms. The fourth-order valence-electron chi connectivity index (χ4n) is 2.70. The first-order valence-electron chi connectivity index (χ1n) is 8.32. The van der Waals surface area contributed by atoms with Crippen LogP contribution < -0.4 is 5.73 Å². The minimum Gasteiger partial charge on any atom is -0.376 e.